The number of aliphatic hydroxyl groups is 2. The predicted octanol–water partition coefficient (Wildman–Crippen LogP) is 4.31. The summed E-state index contributed by atoms with van der Waals surface area (Å²) in [5, 5.41) is 30.4. The third-order valence-corrected chi connectivity index (χ3v) is 8.14. The van der Waals surface area contributed by atoms with Crippen LogP contribution in [-0.4, -0.2) is 46.2 Å². The summed E-state index contributed by atoms with van der Waals surface area (Å²) in [4.78, 5) is 10.8. The van der Waals surface area contributed by atoms with Gasteiger partial charge in [-0.3, -0.25) is 4.79 Å². The van der Waals surface area contributed by atoms with Crippen molar-refractivity contribution in [2.75, 3.05) is 7.11 Å². The van der Waals surface area contributed by atoms with Crippen LogP contribution in [0.15, 0.2) is 11.6 Å². The standard InChI is InChI=1S/C24H40O5/c1-16-19(10-6-7-11-22(27)28)24(29-2)15-14-21(26)18(23(16)24)12-13-20(25)17-8-4-3-5-9-17/h10,16-18,20-21,23,25-26H,3-9,11-15H2,1-2H3,(H,27,28)/t16?,18-,20?,21+,23+,24-/m1/s1. The van der Waals surface area contributed by atoms with Crippen molar-refractivity contribution in [1.29, 1.82) is 0 Å². The van der Waals surface area contributed by atoms with Gasteiger partial charge in [-0.05, 0) is 74.7 Å². The lowest BCUT2D eigenvalue weighted by atomic mass is 9.47. The van der Waals surface area contributed by atoms with E-state index in [1.165, 1.54) is 24.8 Å². The van der Waals surface area contributed by atoms with Crippen molar-refractivity contribution in [1.82, 2.24) is 0 Å². The number of aliphatic carboxylic acids is 1. The minimum absolute atomic E-state index is 0.160. The summed E-state index contributed by atoms with van der Waals surface area (Å²) in [6.07, 6.45) is 12.4. The number of ether oxygens (including phenoxy) is 1. The number of unbranched alkanes of at least 4 members (excludes halogenated alkanes) is 1. The number of rotatable bonds is 9. The Balaban J connectivity index is 1.63. The molecule has 0 heterocycles. The average Bonchev–Trinajstić information content (AvgIpc) is 2.72. The van der Waals surface area contributed by atoms with Crippen molar-refractivity contribution < 1.29 is 24.9 Å². The number of carbonyl (C=O) groups is 1. The SMILES string of the molecule is CO[C@@]12CC[C@H](O)[C@@H](CCC(O)C3CCCCC3)[C@@H]1C(C)C2=CCCCC(=O)O. The summed E-state index contributed by atoms with van der Waals surface area (Å²) < 4.78 is 6.08. The third kappa shape index (κ3) is 4.72. The summed E-state index contributed by atoms with van der Waals surface area (Å²) in [6, 6.07) is 0. The van der Waals surface area contributed by atoms with Crippen molar-refractivity contribution in [3.05, 3.63) is 11.6 Å². The lowest BCUT2D eigenvalue weighted by Gasteiger charge is -2.62. The smallest absolute Gasteiger partial charge is 0.303 e. The van der Waals surface area contributed by atoms with Crippen LogP contribution in [0.3, 0.4) is 0 Å². The molecule has 3 aliphatic carbocycles. The summed E-state index contributed by atoms with van der Waals surface area (Å²) >= 11 is 0. The van der Waals surface area contributed by atoms with Gasteiger partial charge in [-0.1, -0.05) is 32.3 Å². The van der Waals surface area contributed by atoms with E-state index in [1.807, 2.05) is 0 Å². The molecule has 3 saturated carbocycles. The highest BCUT2D eigenvalue weighted by atomic mass is 16.5. The minimum atomic E-state index is -0.748. The molecule has 3 fully saturated rings. The summed E-state index contributed by atoms with van der Waals surface area (Å²) in [6.45, 7) is 2.22. The van der Waals surface area contributed by atoms with Gasteiger partial charge in [-0.2, -0.15) is 0 Å². The van der Waals surface area contributed by atoms with Gasteiger partial charge < -0.3 is 20.1 Å². The Bertz CT molecular complexity index is 582. The monoisotopic (exact) mass is 408 g/mol. The van der Waals surface area contributed by atoms with Crippen LogP contribution in [0.4, 0.5) is 0 Å². The van der Waals surface area contributed by atoms with Gasteiger partial charge in [-0.15, -0.1) is 0 Å². The van der Waals surface area contributed by atoms with Crippen LogP contribution in [0, 0.1) is 23.7 Å². The van der Waals surface area contributed by atoms with Crippen molar-refractivity contribution in [3.8, 4) is 0 Å². The number of aliphatic hydroxyl groups excluding tert-OH is 2. The molecule has 0 aliphatic heterocycles. The van der Waals surface area contributed by atoms with Crippen molar-refractivity contribution in [3.63, 3.8) is 0 Å². The fourth-order valence-corrected chi connectivity index (χ4v) is 6.64. The highest BCUT2D eigenvalue weighted by Gasteiger charge is 2.62. The Morgan fingerprint density at radius 2 is 2.00 bits per heavy atom. The summed E-state index contributed by atoms with van der Waals surface area (Å²) in [7, 11) is 1.77. The minimum Gasteiger partial charge on any atom is -0.481 e. The number of hydrogen-bond donors (Lipinski definition) is 3. The van der Waals surface area contributed by atoms with Crippen LogP contribution in [0.25, 0.3) is 0 Å². The first-order valence-corrected chi connectivity index (χ1v) is 11.7. The lowest BCUT2D eigenvalue weighted by molar-refractivity contribution is -0.178. The molecule has 0 saturated heterocycles. The largest absolute Gasteiger partial charge is 0.481 e. The van der Waals surface area contributed by atoms with Crippen molar-refractivity contribution >= 4 is 5.97 Å². The van der Waals surface area contributed by atoms with Crippen LogP contribution in [0.2, 0.25) is 0 Å². The van der Waals surface area contributed by atoms with Crippen molar-refractivity contribution in [2.45, 2.75) is 102 Å². The molecular formula is C24H40O5. The molecule has 0 spiro atoms. The van der Waals surface area contributed by atoms with Gasteiger partial charge in [0.05, 0.1) is 17.8 Å². The molecule has 3 N–H and O–H groups in total. The molecule has 0 aromatic rings. The molecule has 0 aromatic carbocycles. The van der Waals surface area contributed by atoms with E-state index in [0.717, 1.165) is 44.9 Å². The van der Waals surface area contributed by atoms with E-state index < -0.39 is 5.97 Å². The van der Waals surface area contributed by atoms with E-state index >= 15 is 0 Å². The third-order valence-electron chi connectivity index (χ3n) is 8.14. The van der Waals surface area contributed by atoms with Crippen LogP contribution in [0.1, 0.15) is 84.0 Å². The second-order valence-corrected chi connectivity index (χ2v) is 9.67. The molecule has 0 radical (unpaired) electrons. The second-order valence-electron chi connectivity index (χ2n) is 9.67. The first-order valence-electron chi connectivity index (χ1n) is 11.7. The van der Waals surface area contributed by atoms with Gasteiger partial charge in [0.2, 0.25) is 0 Å². The Kier molecular flexibility index (Phi) is 7.80. The molecule has 0 bridgehead atoms. The Hall–Kier alpha value is -0.910. The number of hydrogen-bond acceptors (Lipinski definition) is 4. The maximum Gasteiger partial charge on any atom is 0.303 e. The van der Waals surface area contributed by atoms with Gasteiger partial charge in [0, 0.05) is 19.4 Å². The maximum absolute atomic E-state index is 10.8. The molecule has 0 amide bonds. The maximum atomic E-state index is 10.8. The number of methoxy groups -OCH3 is 1. The molecule has 166 valence electrons. The Morgan fingerprint density at radius 3 is 2.66 bits per heavy atom. The van der Waals surface area contributed by atoms with E-state index in [-0.39, 0.29) is 36.1 Å². The summed E-state index contributed by atoms with van der Waals surface area (Å²) in [5.74, 6) is 0.460. The van der Waals surface area contributed by atoms with Crippen molar-refractivity contribution in [2.24, 2.45) is 23.7 Å². The molecule has 2 unspecified atom stereocenters. The van der Waals surface area contributed by atoms with Gasteiger partial charge in [0.15, 0.2) is 0 Å². The second kappa shape index (κ2) is 9.93. The zero-order valence-corrected chi connectivity index (χ0v) is 18.2. The van der Waals surface area contributed by atoms with Gasteiger partial charge >= 0.3 is 5.97 Å². The fraction of sp³-hybridized carbons (Fsp3) is 0.875. The van der Waals surface area contributed by atoms with Gasteiger partial charge in [0.1, 0.15) is 0 Å². The number of carboxylic acid groups (broad SMARTS) is 1. The Morgan fingerprint density at radius 1 is 1.28 bits per heavy atom. The fourth-order valence-electron chi connectivity index (χ4n) is 6.64. The predicted molar refractivity (Wildman–Crippen MR) is 113 cm³/mol. The van der Waals surface area contributed by atoms with E-state index in [1.54, 1.807) is 7.11 Å². The lowest BCUT2D eigenvalue weighted by Crippen LogP contribution is -2.64. The molecular weight excluding hydrogens is 368 g/mol. The van der Waals surface area contributed by atoms with E-state index in [4.69, 9.17) is 9.84 Å². The quantitative estimate of drug-likeness (QED) is 0.391. The number of allylic oxidation sites excluding steroid dienone is 1. The van der Waals surface area contributed by atoms with Crippen LogP contribution < -0.4 is 0 Å². The van der Waals surface area contributed by atoms with Crippen LogP contribution in [-0.2, 0) is 9.53 Å². The van der Waals surface area contributed by atoms with Gasteiger partial charge in [-0.25, -0.2) is 0 Å². The molecule has 5 heteroatoms. The molecule has 3 aliphatic rings. The summed E-state index contributed by atoms with van der Waals surface area (Å²) in [5.41, 5.74) is 0.989. The topological polar surface area (TPSA) is 87.0 Å². The molecule has 29 heavy (non-hydrogen) atoms. The van der Waals surface area contributed by atoms with Crippen LogP contribution in [0.5, 0.6) is 0 Å². The average molecular weight is 409 g/mol. The first-order chi connectivity index (χ1) is 13.9. The first kappa shape index (κ1) is 22.8. The molecule has 0 aromatic heterocycles. The van der Waals surface area contributed by atoms with E-state index in [2.05, 4.69) is 13.0 Å². The Labute approximate surface area is 175 Å². The number of fused-ring (bicyclic) bond motifs is 1. The highest BCUT2D eigenvalue weighted by molar-refractivity contribution is 5.66. The highest BCUT2D eigenvalue weighted by Crippen LogP contribution is 2.61. The zero-order chi connectivity index (χ0) is 21.0. The van der Waals surface area contributed by atoms with Crippen LogP contribution >= 0.6 is 0 Å². The molecule has 6 atom stereocenters. The van der Waals surface area contributed by atoms with E-state index in [9.17, 15) is 15.0 Å². The normalized spacial score (nSPS) is 37.7. The number of carboxylic acids is 1. The van der Waals surface area contributed by atoms with Gasteiger partial charge in [0.25, 0.3) is 0 Å². The molecule has 3 rings (SSSR count). The molecule has 5 nitrogen and oxygen atoms in total. The van der Waals surface area contributed by atoms with E-state index in [0.29, 0.717) is 18.3 Å². The zero-order valence-electron chi connectivity index (χ0n) is 18.2.